The van der Waals surface area contributed by atoms with Gasteiger partial charge in [-0.25, -0.2) is 15.6 Å². The molecule has 10 heteroatoms. The van der Waals surface area contributed by atoms with Gasteiger partial charge in [-0.15, -0.1) is 0 Å². The maximum atomic E-state index is 13.6. The molecule has 176 valence electrons. The van der Waals surface area contributed by atoms with Gasteiger partial charge in [-0.05, 0) is 73.0 Å². The van der Waals surface area contributed by atoms with Crippen molar-refractivity contribution in [2.75, 3.05) is 13.7 Å². The molecule has 0 aromatic carbocycles. The Kier molecular flexibility index (Phi) is 5.51. The molecule has 3 atom stereocenters. The molecule has 6 nitrogen and oxygen atoms in total. The lowest BCUT2D eigenvalue weighted by molar-refractivity contribution is -0.136. The first-order valence-electron chi connectivity index (χ1n) is 11.3. The fourth-order valence-corrected chi connectivity index (χ4v) is 7.10. The van der Waals surface area contributed by atoms with Crippen LogP contribution >= 0.6 is 15.9 Å². The summed E-state index contributed by atoms with van der Waals surface area (Å²) < 4.78 is 43.8. The summed E-state index contributed by atoms with van der Waals surface area (Å²) in [6.07, 6.45) is 4.52. The van der Waals surface area contributed by atoms with E-state index in [0.29, 0.717) is 11.8 Å². The van der Waals surface area contributed by atoms with Crippen molar-refractivity contribution in [3.05, 3.63) is 39.0 Å². The molecule has 2 saturated carbocycles. The van der Waals surface area contributed by atoms with Crippen LogP contribution in [0.25, 0.3) is 5.52 Å². The molecule has 2 aliphatic carbocycles. The number of pyridine rings is 1. The van der Waals surface area contributed by atoms with Crippen molar-refractivity contribution in [3.8, 4) is 0 Å². The Morgan fingerprint density at radius 2 is 1.97 bits per heavy atom. The largest absolute Gasteiger partial charge is 0.418 e. The number of hydrazine groups is 1. The van der Waals surface area contributed by atoms with Crippen LogP contribution in [0, 0.1) is 17.3 Å². The highest BCUT2D eigenvalue weighted by molar-refractivity contribution is 9.10. The Balaban J connectivity index is 1.50. The summed E-state index contributed by atoms with van der Waals surface area (Å²) >= 11 is 3.13. The monoisotopic (exact) mass is 515 g/mol. The molecule has 1 aliphatic heterocycles. The zero-order valence-corrected chi connectivity index (χ0v) is 19.8. The molecule has 2 aromatic rings. The zero-order valence-electron chi connectivity index (χ0n) is 18.3. The van der Waals surface area contributed by atoms with Gasteiger partial charge < -0.3 is 0 Å². The van der Waals surface area contributed by atoms with Crippen LogP contribution in [0.3, 0.4) is 0 Å². The second-order valence-electron chi connectivity index (χ2n) is 10.0. The Morgan fingerprint density at radius 1 is 1.22 bits per heavy atom. The smallest absolute Gasteiger partial charge is 0.295 e. The highest BCUT2D eigenvalue weighted by atomic mass is 79.9. The van der Waals surface area contributed by atoms with Gasteiger partial charge in [0.25, 0.3) is 0 Å². The molecule has 1 saturated heterocycles. The van der Waals surface area contributed by atoms with E-state index in [0.717, 1.165) is 55.7 Å². The first kappa shape index (κ1) is 22.4. The molecule has 0 radical (unpaired) electrons. The van der Waals surface area contributed by atoms with E-state index in [-0.39, 0.29) is 27.6 Å². The van der Waals surface area contributed by atoms with Gasteiger partial charge in [0, 0.05) is 28.3 Å². The molecule has 0 spiro atoms. The Hall–Kier alpha value is -1.36. The predicted molar refractivity (Wildman–Crippen MR) is 119 cm³/mol. The number of nitrogens with one attached hydrogen (secondary N) is 2. The SMILES string of the molecule is CC1CC(C2CCCC(n3cc4c(C(F)(F)F)cc(Br)cn4c3=O)C2)(C2NNCN2C)C1. The summed E-state index contributed by atoms with van der Waals surface area (Å²) in [7, 11) is 2.12. The second kappa shape index (κ2) is 7.85. The van der Waals surface area contributed by atoms with E-state index in [4.69, 9.17) is 0 Å². The van der Waals surface area contributed by atoms with Crippen molar-refractivity contribution < 1.29 is 13.2 Å². The zero-order chi connectivity index (χ0) is 22.8. The Morgan fingerprint density at radius 3 is 2.59 bits per heavy atom. The highest BCUT2D eigenvalue weighted by Gasteiger charge is 2.55. The molecule has 3 fully saturated rings. The number of rotatable bonds is 3. The van der Waals surface area contributed by atoms with Gasteiger partial charge in [0.2, 0.25) is 0 Å². The third-order valence-electron chi connectivity index (χ3n) is 7.93. The van der Waals surface area contributed by atoms with Gasteiger partial charge in [-0.2, -0.15) is 13.2 Å². The summed E-state index contributed by atoms with van der Waals surface area (Å²) in [6, 6.07) is 0.954. The van der Waals surface area contributed by atoms with Crippen molar-refractivity contribution in [1.29, 1.82) is 0 Å². The maximum Gasteiger partial charge on any atom is 0.418 e. The number of hydrogen-bond acceptors (Lipinski definition) is 4. The minimum atomic E-state index is -4.53. The van der Waals surface area contributed by atoms with E-state index in [1.165, 1.54) is 12.4 Å². The molecule has 2 aromatic heterocycles. The van der Waals surface area contributed by atoms with Gasteiger partial charge in [-0.3, -0.25) is 13.9 Å². The second-order valence-corrected chi connectivity index (χ2v) is 11.0. The summed E-state index contributed by atoms with van der Waals surface area (Å²) in [5, 5.41) is 0. The summed E-state index contributed by atoms with van der Waals surface area (Å²) in [5.74, 6) is 1.08. The van der Waals surface area contributed by atoms with E-state index < -0.39 is 17.4 Å². The van der Waals surface area contributed by atoms with Gasteiger partial charge >= 0.3 is 11.9 Å². The average molecular weight is 516 g/mol. The maximum absolute atomic E-state index is 13.6. The Bertz CT molecular complexity index is 1070. The fraction of sp³-hybridized carbons (Fsp3) is 0.682. The van der Waals surface area contributed by atoms with Crippen molar-refractivity contribution in [3.63, 3.8) is 0 Å². The first-order chi connectivity index (χ1) is 15.1. The number of alkyl halides is 3. The van der Waals surface area contributed by atoms with Crippen LogP contribution in [-0.4, -0.2) is 33.7 Å². The molecule has 3 aliphatic rings. The summed E-state index contributed by atoms with van der Waals surface area (Å²) in [5.41, 5.74) is 5.56. The van der Waals surface area contributed by atoms with E-state index in [2.05, 4.69) is 45.7 Å². The molecule has 3 heterocycles. The number of nitrogens with zero attached hydrogens (tertiary/aromatic N) is 3. The van der Waals surface area contributed by atoms with Crippen molar-refractivity contribution >= 4 is 21.4 Å². The quantitative estimate of drug-likeness (QED) is 0.637. The molecule has 5 rings (SSSR count). The van der Waals surface area contributed by atoms with Crippen molar-refractivity contribution in [1.82, 2.24) is 24.7 Å². The van der Waals surface area contributed by atoms with Crippen molar-refractivity contribution in [2.24, 2.45) is 17.3 Å². The van der Waals surface area contributed by atoms with Crippen LogP contribution in [0.4, 0.5) is 13.2 Å². The first-order valence-corrected chi connectivity index (χ1v) is 12.1. The lowest BCUT2D eigenvalue weighted by atomic mass is 9.51. The fourth-order valence-electron chi connectivity index (χ4n) is 6.67. The molecule has 0 amide bonds. The van der Waals surface area contributed by atoms with E-state index >= 15 is 0 Å². The number of aromatic nitrogens is 2. The standard InChI is InChI=1S/C22H29BrF3N5O/c1-13-8-21(9-13,19-28-27-12-29(19)2)14-4-3-5-16(6-14)30-11-18-17(22(24,25)26)7-15(23)10-31(18)20(30)32/h7,10-11,13-14,16,19,27-28H,3-6,8-9,12H2,1-2H3. The molecule has 32 heavy (non-hydrogen) atoms. The van der Waals surface area contributed by atoms with Crippen LogP contribution in [0.5, 0.6) is 0 Å². The van der Waals surface area contributed by atoms with Gasteiger partial charge in [0.05, 0.1) is 23.9 Å². The summed E-state index contributed by atoms with van der Waals surface area (Å²) in [6.45, 7) is 3.07. The van der Waals surface area contributed by atoms with E-state index in [9.17, 15) is 18.0 Å². The predicted octanol–water partition coefficient (Wildman–Crippen LogP) is 4.35. The van der Waals surface area contributed by atoms with Crippen LogP contribution in [-0.2, 0) is 6.18 Å². The number of fused-ring (bicyclic) bond motifs is 1. The van der Waals surface area contributed by atoms with Gasteiger partial charge in [-0.1, -0.05) is 13.3 Å². The number of halogens is 4. The molecule has 2 N–H and O–H groups in total. The summed E-state index contributed by atoms with van der Waals surface area (Å²) in [4.78, 5) is 15.5. The number of imidazole rings is 1. The van der Waals surface area contributed by atoms with Crippen LogP contribution in [0.15, 0.2) is 27.7 Å². The normalized spacial score (nSPS) is 34.2. The molecular weight excluding hydrogens is 487 g/mol. The Labute approximate surface area is 193 Å². The molecular formula is C22H29BrF3N5O. The lowest BCUT2D eigenvalue weighted by Gasteiger charge is -2.57. The van der Waals surface area contributed by atoms with E-state index in [1.54, 1.807) is 4.57 Å². The van der Waals surface area contributed by atoms with E-state index in [1.807, 2.05) is 0 Å². The average Bonchev–Trinajstić information content (AvgIpc) is 3.28. The van der Waals surface area contributed by atoms with Gasteiger partial charge in [0.15, 0.2) is 0 Å². The van der Waals surface area contributed by atoms with Crippen molar-refractivity contribution in [2.45, 2.75) is 63.8 Å². The van der Waals surface area contributed by atoms with Crippen LogP contribution in [0.2, 0.25) is 0 Å². The molecule has 0 bridgehead atoms. The highest BCUT2D eigenvalue weighted by Crippen LogP contribution is 2.58. The van der Waals surface area contributed by atoms with Gasteiger partial charge in [0.1, 0.15) is 0 Å². The minimum Gasteiger partial charge on any atom is -0.295 e. The minimum absolute atomic E-state index is 0.0822. The topological polar surface area (TPSA) is 53.7 Å². The third kappa shape index (κ3) is 3.54. The van der Waals surface area contributed by atoms with Crippen LogP contribution in [0.1, 0.15) is 57.1 Å². The third-order valence-corrected chi connectivity index (χ3v) is 8.36. The van der Waals surface area contributed by atoms with Crippen LogP contribution < -0.4 is 16.5 Å². The lowest BCUT2D eigenvalue weighted by Crippen LogP contribution is -2.60. The molecule has 3 unspecified atom stereocenters. The number of hydrogen-bond donors (Lipinski definition) is 2.